The van der Waals surface area contributed by atoms with Gasteiger partial charge in [-0.1, -0.05) is 40.2 Å². The molecular formula is C14H11BrOS. The van der Waals surface area contributed by atoms with Crippen LogP contribution in [0.15, 0.2) is 57.9 Å². The van der Waals surface area contributed by atoms with Crippen molar-refractivity contribution in [3.63, 3.8) is 0 Å². The number of thioether (sulfide) groups is 1. The second kappa shape index (κ2) is 6.03. The topological polar surface area (TPSA) is 17.1 Å². The lowest BCUT2D eigenvalue weighted by Gasteiger charge is -2.02. The van der Waals surface area contributed by atoms with Gasteiger partial charge in [-0.3, -0.25) is 4.79 Å². The maximum Gasteiger partial charge on any atom is 0.150 e. The average Bonchev–Trinajstić information content (AvgIpc) is 2.37. The molecule has 1 nitrogen and oxygen atoms in total. The van der Waals surface area contributed by atoms with Gasteiger partial charge in [0, 0.05) is 20.7 Å². The number of hydrogen-bond donors (Lipinski definition) is 0. The van der Waals surface area contributed by atoms with Gasteiger partial charge in [-0.05, 0) is 29.8 Å². The van der Waals surface area contributed by atoms with Crippen molar-refractivity contribution in [3.8, 4) is 0 Å². The van der Waals surface area contributed by atoms with Crippen molar-refractivity contribution in [3.05, 3.63) is 64.1 Å². The SMILES string of the molecule is O=Cc1ccc(SCc2cccc(Br)c2)cc1. The third-order valence-electron chi connectivity index (χ3n) is 2.31. The van der Waals surface area contributed by atoms with E-state index in [1.54, 1.807) is 11.8 Å². The smallest absolute Gasteiger partial charge is 0.150 e. The molecule has 0 fully saturated rings. The molecule has 0 atom stereocenters. The summed E-state index contributed by atoms with van der Waals surface area (Å²) in [5.74, 6) is 0.930. The Morgan fingerprint density at radius 3 is 2.53 bits per heavy atom. The van der Waals surface area contributed by atoms with Crippen molar-refractivity contribution < 1.29 is 4.79 Å². The normalized spacial score (nSPS) is 10.2. The van der Waals surface area contributed by atoms with Crippen LogP contribution in [-0.2, 0) is 5.75 Å². The van der Waals surface area contributed by atoms with E-state index in [1.807, 2.05) is 36.4 Å². The van der Waals surface area contributed by atoms with Crippen molar-refractivity contribution in [1.29, 1.82) is 0 Å². The fourth-order valence-electron chi connectivity index (χ4n) is 1.44. The predicted molar refractivity (Wildman–Crippen MR) is 75.5 cm³/mol. The highest BCUT2D eigenvalue weighted by Gasteiger charge is 1.97. The maximum absolute atomic E-state index is 10.5. The summed E-state index contributed by atoms with van der Waals surface area (Å²) < 4.78 is 1.10. The lowest BCUT2D eigenvalue weighted by atomic mass is 10.2. The molecule has 0 unspecified atom stereocenters. The molecule has 0 saturated carbocycles. The quantitative estimate of drug-likeness (QED) is 0.609. The van der Waals surface area contributed by atoms with Crippen LogP contribution in [0.5, 0.6) is 0 Å². The summed E-state index contributed by atoms with van der Waals surface area (Å²) in [4.78, 5) is 11.7. The van der Waals surface area contributed by atoms with E-state index in [-0.39, 0.29) is 0 Å². The first-order chi connectivity index (χ1) is 8.28. The Kier molecular flexibility index (Phi) is 4.40. The number of benzene rings is 2. The fraction of sp³-hybridized carbons (Fsp3) is 0.0714. The third-order valence-corrected chi connectivity index (χ3v) is 3.89. The van der Waals surface area contributed by atoms with Crippen LogP contribution in [-0.4, -0.2) is 6.29 Å². The minimum atomic E-state index is 0.719. The van der Waals surface area contributed by atoms with E-state index >= 15 is 0 Å². The molecule has 2 aromatic carbocycles. The van der Waals surface area contributed by atoms with Crippen LogP contribution >= 0.6 is 27.7 Å². The summed E-state index contributed by atoms with van der Waals surface area (Å²) >= 11 is 5.22. The number of hydrogen-bond acceptors (Lipinski definition) is 2. The molecule has 0 radical (unpaired) electrons. The van der Waals surface area contributed by atoms with Gasteiger partial charge in [-0.2, -0.15) is 0 Å². The molecule has 3 heteroatoms. The highest BCUT2D eigenvalue weighted by atomic mass is 79.9. The van der Waals surface area contributed by atoms with Gasteiger partial charge in [0.1, 0.15) is 6.29 Å². The van der Waals surface area contributed by atoms with Crippen LogP contribution in [0.3, 0.4) is 0 Å². The Hall–Kier alpha value is -1.06. The van der Waals surface area contributed by atoms with Crippen molar-refractivity contribution >= 4 is 34.0 Å². The number of carbonyl (C=O) groups is 1. The van der Waals surface area contributed by atoms with Crippen LogP contribution in [0.25, 0.3) is 0 Å². The van der Waals surface area contributed by atoms with Crippen molar-refractivity contribution in [2.75, 3.05) is 0 Å². The average molecular weight is 307 g/mol. The second-order valence-corrected chi connectivity index (χ2v) is 5.57. The highest BCUT2D eigenvalue weighted by Crippen LogP contribution is 2.24. The molecule has 0 heterocycles. The molecule has 0 aromatic heterocycles. The fourth-order valence-corrected chi connectivity index (χ4v) is 2.72. The van der Waals surface area contributed by atoms with E-state index in [9.17, 15) is 4.79 Å². The monoisotopic (exact) mass is 306 g/mol. The van der Waals surface area contributed by atoms with E-state index < -0.39 is 0 Å². The molecule has 0 aliphatic heterocycles. The zero-order chi connectivity index (χ0) is 12.1. The van der Waals surface area contributed by atoms with Gasteiger partial charge in [-0.25, -0.2) is 0 Å². The Bertz CT molecular complexity index is 508. The van der Waals surface area contributed by atoms with Gasteiger partial charge < -0.3 is 0 Å². The first-order valence-corrected chi connectivity index (χ1v) is 6.98. The summed E-state index contributed by atoms with van der Waals surface area (Å²) in [5, 5.41) is 0. The summed E-state index contributed by atoms with van der Waals surface area (Å²) in [7, 11) is 0. The summed E-state index contributed by atoms with van der Waals surface area (Å²) in [6.07, 6.45) is 0.864. The van der Waals surface area contributed by atoms with Crippen LogP contribution in [0, 0.1) is 0 Å². The van der Waals surface area contributed by atoms with Crippen LogP contribution in [0.2, 0.25) is 0 Å². The van der Waals surface area contributed by atoms with Gasteiger partial charge in [0.05, 0.1) is 0 Å². The van der Waals surface area contributed by atoms with Crippen LogP contribution < -0.4 is 0 Å². The molecule has 0 N–H and O–H groups in total. The predicted octanol–water partition coefficient (Wildman–Crippen LogP) is 4.55. The molecular weight excluding hydrogens is 296 g/mol. The lowest BCUT2D eigenvalue weighted by Crippen LogP contribution is -1.82. The number of carbonyl (C=O) groups excluding carboxylic acids is 1. The van der Waals surface area contributed by atoms with E-state index in [0.717, 1.165) is 22.1 Å². The van der Waals surface area contributed by atoms with Crippen LogP contribution in [0.1, 0.15) is 15.9 Å². The molecule has 2 aromatic rings. The molecule has 2 rings (SSSR count). The Labute approximate surface area is 113 Å². The van der Waals surface area contributed by atoms with E-state index in [0.29, 0.717) is 0 Å². The summed E-state index contributed by atoms with van der Waals surface area (Å²) in [5.41, 5.74) is 2.00. The molecule has 0 aliphatic rings. The molecule has 17 heavy (non-hydrogen) atoms. The van der Waals surface area contributed by atoms with Gasteiger partial charge in [0.25, 0.3) is 0 Å². The Balaban J connectivity index is 1.99. The molecule has 0 aliphatic carbocycles. The van der Waals surface area contributed by atoms with Gasteiger partial charge >= 0.3 is 0 Å². The standard InChI is InChI=1S/C14H11BrOS/c15-13-3-1-2-12(8-13)10-17-14-6-4-11(9-16)5-7-14/h1-9H,10H2. The van der Waals surface area contributed by atoms with Crippen molar-refractivity contribution in [2.45, 2.75) is 10.6 Å². The summed E-state index contributed by atoms with van der Waals surface area (Å²) in [6, 6.07) is 15.9. The largest absolute Gasteiger partial charge is 0.298 e. The molecule has 0 amide bonds. The highest BCUT2D eigenvalue weighted by molar-refractivity contribution is 9.10. The van der Waals surface area contributed by atoms with Gasteiger partial charge in [0.15, 0.2) is 0 Å². The van der Waals surface area contributed by atoms with Crippen LogP contribution in [0.4, 0.5) is 0 Å². The van der Waals surface area contributed by atoms with Crippen molar-refractivity contribution in [2.24, 2.45) is 0 Å². The Morgan fingerprint density at radius 2 is 1.88 bits per heavy atom. The van der Waals surface area contributed by atoms with Gasteiger partial charge in [0.2, 0.25) is 0 Å². The number of aldehydes is 1. The molecule has 0 bridgehead atoms. The zero-order valence-corrected chi connectivity index (χ0v) is 11.5. The minimum absolute atomic E-state index is 0.719. The first kappa shape index (κ1) is 12.4. The summed E-state index contributed by atoms with van der Waals surface area (Å²) in [6.45, 7) is 0. The van der Waals surface area contributed by atoms with E-state index in [2.05, 4.69) is 28.1 Å². The first-order valence-electron chi connectivity index (χ1n) is 5.20. The molecule has 0 saturated heterocycles. The Morgan fingerprint density at radius 1 is 1.12 bits per heavy atom. The van der Waals surface area contributed by atoms with E-state index in [4.69, 9.17) is 0 Å². The van der Waals surface area contributed by atoms with Crippen molar-refractivity contribution in [1.82, 2.24) is 0 Å². The molecule has 86 valence electrons. The maximum atomic E-state index is 10.5. The second-order valence-electron chi connectivity index (χ2n) is 3.61. The lowest BCUT2D eigenvalue weighted by molar-refractivity contribution is 0.112. The third kappa shape index (κ3) is 3.72. The van der Waals surface area contributed by atoms with E-state index in [1.165, 1.54) is 10.5 Å². The zero-order valence-electron chi connectivity index (χ0n) is 9.10. The molecule has 0 spiro atoms. The van der Waals surface area contributed by atoms with Gasteiger partial charge in [-0.15, -0.1) is 11.8 Å². The number of rotatable bonds is 4. The minimum Gasteiger partial charge on any atom is -0.298 e. The number of halogens is 1.